The van der Waals surface area contributed by atoms with Crippen LogP contribution in [0.25, 0.3) is 0 Å². The topological polar surface area (TPSA) is 20.2 Å². The third-order valence-corrected chi connectivity index (χ3v) is 2.96. The van der Waals surface area contributed by atoms with E-state index in [1.54, 1.807) is 6.07 Å². The quantitative estimate of drug-likeness (QED) is 0.767. The van der Waals surface area contributed by atoms with Gasteiger partial charge >= 0.3 is 0 Å². The monoisotopic (exact) mass is 194 g/mol. The van der Waals surface area contributed by atoms with Crippen molar-refractivity contribution in [1.82, 2.24) is 0 Å². The number of aliphatic hydroxyl groups is 1. The highest BCUT2D eigenvalue weighted by Gasteiger charge is 2.30. The third kappa shape index (κ3) is 2.13. The van der Waals surface area contributed by atoms with E-state index in [9.17, 15) is 9.50 Å². The van der Waals surface area contributed by atoms with Crippen molar-refractivity contribution < 1.29 is 9.50 Å². The van der Waals surface area contributed by atoms with Crippen LogP contribution < -0.4 is 0 Å². The van der Waals surface area contributed by atoms with E-state index < -0.39 is 5.60 Å². The highest BCUT2D eigenvalue weighted by Crippen LogP contribution is 2.32. The van der Waals surface area contributed by atoms with E-state index in [1.807, 2.05) is 6.07 Å². The SMILES string of the molecule is OC1(Cc2cccc(F)c2)CCCC1. The molecule has 0 saturated heterocycles. The van der Waals surface area contributed by atoms with Gasteiger partial charge in [-0.1, -0.05) is 25.0 Å². The molecule has 0 aromatic heterocycles. The first kappa shape index (κ1) is 9.66. The second-order valence-electron chi connectivity index (χ2n) is 4.24. The Morgan fingerprint density at radius 3 is 2.64 bits per heavy atom. The molecule has 2 heteroatoms. The smallest absolute Gasteiger partial charge is 0.123 e. The first-order chi connectivity index (χ1) is 6.68. The average Bonchev–Trinajstić information content (AvgIpc) is 2.51. The van der Waals surface area contributed by atoms with E-state index in [0.717, 1.165) is 31.2 Å². The molecule has 76 valence electrons. The van der Waals surface area contributed by atoms with E-state index in [4.69, 9.17) is 0 Å². The molecule has 1 aliphatic carbocycles. The Balaban J connectivity index is 2.10. The first-order valence-corrected chi connectivity index (χ1v) is 5.15. The summed E-state index contributed by atoms with van der Waals surface area (Å²) in [6, 6.07) is 6.51. The molecule has 0 radical (unpaired) electrons. The predicted molar refractivity (Wildman–Crippen MR) is 53.5 cm³/mol. The third-order valence-electron chi connectivity index (χ3n) is 2.96. The van der Waals surface area contributed by atoms with Crippen LogP contribution in [-0.2, 0) is 6.42 Å². The Morgan fingerprint density at radius 2 is 2.00 bits per heavy atom. The molecule has 14 heavy (non-hydrogen) atoms. The molecule has 1 saturated carbocycles. The van der Waals surface area contributed by atoms with E-state index in [2.05, 4.69) is 0 Å². The van der Waals surface area contributed by atoms with Gasteiger partial charge in [-0.15, -0.1) is 0 Å². The molecule has 1 aromatic carbocycles. The lowest BCUT2D eigenvalue weighted by atomic mass is 9.93. The summed E-state index contributed by atoms with van der Waals surface area (Å²) >= 11 is 0. The summed E-state index contributed by atoms with van der Waals surface area (Å²) in [5.74, 6) is -0.218. The standard InChI is InChI=1S/C12H15FO/c13-11-5-3-4-10(8-11)9-12(14)6-1-2-7-12/h3-5,8,14H,1-2,6-7,9H2. The summed E-state index contributed by atoms with van der Waals surface area (Å²) in [7, 11) is 0. The first-order valence-electron chi connectivity index (χ1n) is 5.15. The Morgan fingerprint density at radius 1 is 1.29 bits per heavy atom. The number of rotatable bonds is 2. The fourth-order valence-corrected chi connectivity index (χ4v) is 2.24. The van der Waals surface area contributed by atoms with Crippen molar-refractivity contribution >= 4 is 0 Å². The number of hydrogen-bond acceptors (Lipinski definition) is 1. The highest BCUT2D eigenvalue weighted by atomic mass is 19.1. The number of halogens is 1. The van der Waals surface area contributed by atoms with Crippen LogP contribution in [0.1, 0.15) is 31.2 Å². The molecule has 2 rings (SSSR count). The zero-order chi connectivity index (χ0) is 10.0. The molecular formula is C12H15FO. The Labute approximate surface area is 83.6 Å². The lowest BCUT2D eigenvalue weighted by Gasteiger charge is -2.21. The molecule has 0 atom stereocenters. The number of benzene rings is 1. The maximum Gasteiger partial charge on any atom is 0.123 e. The van der Waals surface area contributed by atoms with Crippen molar-refractivity contribution in [2.75, 3.05) is 0 Å². The summed E-state index contributed by atoms with van der Waals surface area (Å²) in [5, 5.41) is 10.1. The van der Waals surface area contributed by atoms with Gasteiger partial charge < -0.3 is 5.11 Å². The van der Waals surface area contributed by atoms with Gasteiger partial charge in [-0.05, 0) is 30.5 Å². The van der Waals surface area contributed by atoms with Crippen molar-refractivity contribution in [1.29, 1.82) is 0 Å². The average molecular weight is 194 g/mol. The van der Waals surface area contributed by atoms with Gasteiger partial charge in [-0.25, -0.2) is 4.39 Å². The van der Waals surface area contributed by atoms with Crippen molar-refractivity contribution in [3.05, 3.63) is 35.6 Å². The molecule has 0 spiro atoms. The predicted octanol–water partition coefficient (Wildman–Crippen LogP) is 2.67. The second-order valence-corrected chi connectivity index (χ2v) is 4.24. The highest BCUT2D eigenvalue weighted by molar-refractivity contribution is 5.18. The molecule has 1 N–H and O–H groups in total. The normalized spacial score (nSPS) is 19.9. The molecule has 1 aromatic rings. The van der Waals surface area contributed by atoms with Crippen molar-refractivity contribution in [2.24, 2.45) is 0 Å². The van der Waals surface area contributed by atoms with Crippen molar-refractivity contribution in [3.8, 4) is 0 Å². The van der Waals surface area contributed by atoms with Gasteiger partial charge in [0.2, 0.25) is 0 Å². The lowest BCUT2D eigenvalue weighted by Crippen LogP contribution is -2.26. The van der Waals surface area contributed by atoms with E-state index >= 15 is 0 Å². The fraction of sp³-hybridized carbons (Fsp3) is 0.500. The van der Waals surface area contributed by atoms with Gasteiger partial charge in [-0.2, -0.15) is 0 Å². The van der Waals surface area contributed by atoms with Crippen LogP contribution in [0.3, 0.4) is 0 Å². The molecule has 0 bridgehead atoms. The molecule has 0 unspecified atom stereocenters. The lowest BCUT2D eigenvalue weighted by molar-refractivity contribution is 0.0481. The molecule has 1 aliphatic rings. The fourth-order valence-electron chi connectivity index (χ4n) is 2.24. The van der Waals surface area contributed by atoms with Crippen molar-refractivity contribution in [3.63, 3.8) is 0 Å². The Hall–Kier alpha value is -0.890. The maximum atomic E-state index is 12.9. The second kappa shape index (κ2) is 3.70. The Bertz CT molecular complexity index is 316. The molecule has 0 aliphatic heterocycles. The van der Waals surface area contributed by atoms with Crippen LogP contribution in [0.15, 0.2) is 24.3 Å². The summed E-state index contributed by atoms with van der Waals surface area (Å²) in [6.45, 7) is 0. The summed E-state index contributed by atoms with van der Waals surface area (Å²) < 4.78 is 12.9. The van der Waals surface area contributed by atoms with E-state index in [0.29, 0.717) is 6.42 Å². The van der Waals surface area contributed by atoms with Crippen LogP contribution in [0, 0.1) is 5.82 Å². The zero-order valence-electron chi connectivity index (χ0n) is 8.17. The minimum atomic E-state index is -0.576. The minimum Gasteiger partial charge on any atom is -0.390 e. The molecule has 0 amide bonds. The van der Waals surface area contributed by atoms with E-state index in [-0.39, 0.29) is 5.82 Å². The van der Waals surface area contributed by atoms with Crippen LogP contribution in [-0.4, -0.2) is 10.7 Å². The van der Waals surface area contributed by atoms with Gasteiger partial charge in [0.25, 0.3) is 0 Å². The maximum absolute atomic E-state index is 12.9. The molecule has 0 heterocycles. The van der Waals surface area contributed by atoms with Gasteiger partial charge in [0.1, 0.15) is 5.82 Å². The Kier molecular flexibility index (Phi) is 2.55. The van der Waals surface area contributed by atoms with Crippen LogP contribution >= 0.6 is 0 Å². The number of hydrogen-bond donors (Lipinski definition) is 1. The van der Waals surface area contributed by atoms with Gasteiger partial charge in [-0.3, -0.25) is 0 Å². The van der Waals surface area contributed by atoms with Gasteiger partial charge in [0.05, 0.1) is 5.60 Å². The van der Waals surface area contributed by atoms with Crippen LogP contribution in [0.4, 0.5) is 4.39 Å². The summed E-state index contributed by atoms with van der Waals surface area (Å²) in [5.41, 5.74) is 0.322. The van der Waals surface area contributed by atoms with Gasteiger partial charge in [0, 0.05) is 6.42 Å². The summed E-state index contributed by atoms with van der Waals surface area (Å²) in [6.07, 6.45) is 4.47. The zero-order valence-corrected chi connectivity index (χ0v) is 8.17. The van der Waals surface area contributed by atoms with Crippen LogP contribution in [0.5, 0.6) is 0 Å². The molecular weight excluding hydrogens is 179 g/mol. The molecule has 1 fully saturated rings. The molecule has 1 nitrogen and oxygen atoms in total. The minimum absolute atomic E-state index is 0.218. The van der Waals surface area contributed by atoms with E-state index in [1.165, 1.54) is 12.1 Å². The van der Waals surface area contributed by atoms with Crippen molar-refractivity contribution in [2.45, 2.75) is 37.7 Å². The largest absolute Gasteiger partial charge is 0.390 e. The van der Waals surface area contributed by atoms with Crippen LogP contribution in [0.2, 0.25) is 0 Å². The van der Waals surface area contributed by atoms with Gasteiger partial charge in [0.15, 0.2) is 0 Å². The summed E-state index contributed by atoms with van der Waals surface area (Å²) in [4.78, 5) is 0.